The number of furan rings is 1. The summed E-state index contributed by atoms with van der Waals surface area (Å²) in [5, 5.41) is 4.80. The van der Waals surface area contributed by atoms with Crippen LogP contribution in [0.2, 0.25) is 0 Å². The van der Waals surface area contributed by atoms with E-state index in [1.54, 1.807) is 0 Å². The molecule has 0 saturated heterocycles. The second-order valence-electron chi connectivity index (χ2n) is 14.1. The van der Waals surface area contributed by atoms with Crippen LogP contribution >= 0.6 is 0 Å². The van der Waals surface area contributed by atoms with Crippen LogP contribution in [0.3, 0.4) is 0 Å². The molecule has 0 radical (unpaired) electrons. The van der Waals surface area contributed by atoms with E-state index in [0.717, 1.165) is 21.9 Å². The molecule has 1 aromatic heterocycles. The highest BCUT2D eigenvalue weighted by molar-refractivity contribution is 6.06. The highest BCUT2D eigenvalue weighted by Gasteiger charge is 2.22. The van der Waals surface area contributed by atoms with Gasteiger partial charge in [0.15, 0.2) is 0 Å². The largest absolute Gasteiger partial charge is 0.456 e. The van der Waals surface area contributed by atoms with Crippen LogP contribution in [0.4, 0.5) is 0 Å². The maximum atomic E-state index is 6.17. The molecule has 10 aromatic rings. The third-order valence-corrected chi connectivity index (χ3v) is 10.8. The number of para-hydroxylation sites is 1. The fourth-order valence-electron chi connectivity index (χ4n) is 8.18. The topological polar surface area (TPSA) is 13.1 Å². The van der Waals surface area contributed by atoms with Crippen molar-refractivity contribution in [2.45, 2.75) is 5.92 Å². The second kappa shape index (κ2) is 13.5. The monoisotopic (exact) mass is 688 g/mol. The van der Waals surface area contributed by atoms with Gasteiger partial charge in [0.1, 0.15) is 11.2 Å². The molecule has 1 atom stereocenters. The van der Waals surface area contributed by atoms with Crippen molar-refractivity contribution in [2.75, 3.05) is 0 Å². The average Bonchev–Trinajstić information content (AvgIpc) is 3.63. The first-order valence-corrected chi connectivity index (χ1v) is 18.6. The normalized spacial score (nSPS) is 12.0. The molecule has 0 amide bonds. The predicted molar refractivity (Wildman–Crippen MR) is 227 cm³/mol. The van der Waals surface area contributed by atoms with E-state index < -0.39 is 0 Å². The van der Waals surface area contributed by atoms with Crippen molar-refractivity contribution in [1.29, 1.82) is 0 Å². The van der Waals surface area contributed by atoms with Crippen LogP contribution in [0.5, 0.6) is 0 Å². The van der Waals surface area contributed by atoms with Crippen molar-refractivity contribution < 1.29 is 4.42 Å². The van der Waals surface area contributed by atoms with Crippen LogP contribution < -0.4 is 0 Å². The van der Waals surface area contributed by atoms with E-state index in [-0.39, 0.29) is 5.92 Å². The lowest BCUT2D eigenvalue weighted by molar-refractivity contribution is 0.669. The minimum absolute atomic E-state index is 0.00265. The van der Waals surface area contributed by atoms with E-state index in [1.165, 1.54) is 72.0 Å². The van der Waals surface area contributed by atoms with E-state index in [0.29, 0.717) is 0 Å². The zero-order valence-electron chi connectivity index (χ0n) is 29.7. The summed E-state index contributed by atoms with van der Waals surface area (Å²) in [7, 11) is 0. The van der Waals surface area contributed by atoms with Crippen LogP contribution in [-0.2, 0) is 0 Å². The molecule has 0 aliphatic rings. The Balaban J connectivity index is 1.11. The fourth-order valence-corrected chi connectivity index (χ4v) is 8.18. The minimum atomic E-state index is 0.00265. The molecule has 0 spiro atoms. The third-order valence-electron chi connectivity index (χ3n) is 10.8. The Morgan fingerprint density at radius 3 is 1.57 bits per heavy atom. The van der Waals surface area contributed by atoms with E-state index in [9.17, 15) is 0 Å². The zero-order valence-corrected chi connectivity index (χ0v) is 29.7. The number of benzene rings is 9. The molecule has 0 saturated carbocycles. The zero-order chi connectivity index (χ0) is 35.8. The molecule has 1 heteroatoms. The summed E-state index contributed by atoms with van der Waals surface area (Å²) in [4.78, 5) is 0. The van der Waals surface area contributed by atoms with Gasteiger partial charge in [-0.05, 0) is 96.2 Å². The lowest BCUT2D eigenvalue weighted by Crippen LogP contribution is -2.05. The standard InChI is InChI=1S/C53H36O/c1-3-13-36(14-4-1)40-17-11-18-41(33-40)37-25-27-39(28-26-37)53(49-31-30-45(38-15-5-2-6-16-38)46-21-7-8-22-47(46)49)44-20-12-19-42(34-44)43-29-32-52-50(35-43)48-23-9-10-24-51(48)54-52/h1-35,53H. The van der Waals surface area contributed by atoms with Crippen LogP contribution in [0, 0.1) is 0 Å². The lowest BCUT2D eigenvalue weighted by atomic mass is 9.80. The van der Waals surface area contributed by atoms with Crippen LogP contribution in [0.1, 0.15) is 22.6 Å². The van der Waals surface area contributed by atoms with Gasteiger partial charge >= 0.3 is 0 Å². The first-order valence-electron chi connectivity index (χ1n) is 18.6. The Morgan fingerprint density at radius 2 is 0.815 bits per heavy atom. The molecule has 0 fully saturated rings. The maximum Gasteiger partial charge on any atom is 0.135 e. The molecule has 0 aliphatic carbocycles. The Kier molecular flexibility index (Phi) is 7.96. The van der Waals surface area contributed by atoms with Crippen molar-refractivity contribution in [3.8, 4) is 44.5 Å². The van der Waals surface area contributed by atoms with Crippen molar-refractivity contribution >= 4 is 32.7 Å². The van der Waals surface area contributed by atoms with Crippen LogP contribution in [0.25, 0.3) is 77.2 Å². The summed E-state index contributed by atoms with van der Waals surface area (Å²) in [6.07, 6.45) is 0. The molecule has 1 nitrogen and oxygen atoms in total. The van der Waals surface area contributed by atoms with Gasteiger partial charge in [0.25, 0.3) is 0 Å². The average molecular weight is 689 g/mol. The van der Waals surface area contributed by atoms with E-state index in [4.69, 9.17) is 4.42 Å². The number of fused-ring (bicyclic) bond motifs is 4. The molecule has 254 valence electrons. The van der Waals surface area contributed by atoms with Gasteiger partial charge in [-0.25, -0.2) is 0 Å². The molecule has 10 rings (SSSR count). The fraction of sp³-hybridized carbons (Fsp3) is 0.0189. The Bertz CT molecular complexity index is 2920. The highest BCUT2D eigenvalue weighted by atomic mass is 16.3. The lowest BCUT2D eigenvalue weighted by Gasteiger charge is -2.23. The molecule has 0 aliphatic heterocycles. The Hall–Kier alpha value is -6.96. The summed E-state index contributed by atoms with van der Waals surface area (Å²) in [5.74, 6) is 0.00265. The predicted octanol–water partition coefficient (Wildman–Crippen LogP) is 14.6. The Labute approximate surface area is 315 Å². The SMILES string of the molecule is c1ccc(-c2cccc(-c3ccc(C(c4cccc(-c5ccc6oc7ccccc7c6c5)c4)c4ccc(-c5ccccc5)c5ccccc45)cc3)c2)cc1. The summed E-state index contributed by atoms with van der Waals surface area (Å²) < 4.78 is 6.17. The third kappa shape index (κ3) is 5.77. The maximum absolute atomic E-state index is 6.17. The van der Waals surface area contributed by atoms with Gasteiger partial charge in [0.2, 0.25) is 0 Å². The van der Waals surface area contributed by atoms with Crippen molar-refractivity contribution in [3.63, 3.8) is 0 Å². The number of hydrogen-bond acceptors (Lipinski definition) is 1. The van der Waals surface area contributed by atoms with Gasteiger partial charge in [-0.2, -0.15) is 0 Å². The summed E-state index contributed by atoms with van der Waals surface area (Å²) in [5.41, 5.74) is 15.3. The first-order chi connectivity index (χ1) is 26.8. The summed E-state index contributed by atoms with van der Waals surface area (Å²) in [6, 6.07) is 76.9. The summed E-state index contributed by atoms with van der Waals surface area (Å²) in [6.45, 7) is 0. The molecule has 1 heterocycles. The van der Waals surface area contributed by atoms with Crippen LogP contribution in [-0.4, -0.2) is 0 Å². The van der Waals surface area contributed by atoms with Gasteiger partial charge in [-0.15, -0.1) is 0 Å². The molecule has 9 aromatic carbocycles. The number of hydrogen-bond donors (Lipinski definition) is 0. The summed E-state index contributed by atoms with van der Waals surface area (Å²) >= 11 is 0. The van der Waals surface area contributed by atoms with Gasteiger partial charge in [0, 0.05) is 16.7 Å². The molecular formula is C53H36O. The Morgan fingerprint density at radius 1 is 0.278 bits per heavy atom. The van der Waals surface area contributed by atoms with Crippen molar-refractivity contribution in [2.24, 2.45) is 0 Å². The van der Waals surface area contributed by atoms with E-state index in [2.05, 4.69) is 200 Å². The van der Waals surface area contributed by atoms with Crippen molar-refractivity contribution in [1.82, 2.24) is 0 Å². The molecule has 54 heavy (non-hydrogen) atoms. The smallest absolute Gasteiger partial charge is 0.135 e. The minimum Gasteiger partial charge on any atom is -0.456 e. The second-order valence-corrected chi connectivity index (χ2v) is 14.1. The van der Waals surface area contributed by atoms with Gasteiger partial charge in [-0.3, -0.25) is 0 Å². The molecule has 0 bridgehead atoms. The van der Waals surface area contributed by atoms with Gasteiger partial charge in [0.05, 0.1) is 0 Å². The molecular weight excluding hydrogens is 653 g/mol. The molecule has 0 N–H and O–H groups in total. The van der Waals surface area contributed by atoms with Crippen LogP contribution in [0.15, 0.2) is 217 Å². The quantitative estimate of drug-likeness (QED) is 0.152. The van der Waals surface area contributed by atoms with E-state index in [1.807, 2.05) is 12.1 Å². The van der Waals surface area contributed by atoms with E-state index >= 15 is 0 Å². The number of rotatable bonds is 7. The van der Waals surface area contributed by atoms with Gasteiger partial charge < -0.3 is 4.42 Å². The first kappa shape index (κ1) is 31.7. The molecule has 1 unspecified atom stereocenters. The highest BCUT2D eigenvalue weighted by Crippen LogP contribution is 2.42. The van der Waals surface area contributed by atoms with Crippen molar-refractivity contribution in [3.05, 3.63) is 229 Å². The van der Waals surface area contributed by atoms with Gasteiger partial charge in [-0.1, -0.05) is 188 Å².